The van der Waals surface area contributed by atoms with Crippen molar-refractivity contribution in [1.29, 1.82) is 0 Å². The molecule has 0 amide bonds. The standard InChI is InChI=1S/C31H27N5S/c1-4-8-28-20(5-1)16-29(37-28)21-9-10-24-22(15-21)30(33-27-18-36-13-11-19(27)12-14-36)23(17-32-24)31-34-25-6-2-3-7-26(25)35-31/h1-10,15-17,19,27H,11-14,18H2,(H,32,33)(H,34,35)/t27-/m0/s1. The summed E-state index contributed by atoms with van der Waals surface area (Å²) in [6, 6.07) is 26.3. The lowest BCUT2D eigenvalue weighted by Gasteiger charge is -2.45. The van der Waals surface area contributed by atoms with E-state index in [1.807, 2.05) is 29.7 Å². The van der Waals surface area contributed by atoms with E-state index in [9.17, 15) is 0 Å². The minimum absolute atomic E-state index is 0.434. The number of rotatable bonds is 4. The fourth-order valence-electron chi connectivity index (χ4n) is 6.20. The van der Waals surface area contributed by atoms with Gasteiger partial charge in [0, 0.05) is 33.7 Å². The molecule has 2 N–H and O–H groups in total. The number of nitrogens with one attached hydrogen (secondary N) is 2. The summed E-state index contributed by atoms with van der Waals surface area (Å²) in [5.74, 6) is 1.58. The van der Waals surface area contributed by atoms with E-state index in [1.54, 1.807) is 0 Å². The zero-order valence-corrected chi connectivity index (χ0v) is 21.3. The molecule has 3 fully saturated rings. The number of imidazole rings is 1. The zero-order valence-electron chi connectivity index (χ0n) is 20.4. The third kappa shape index (κ3) is 3.63. The molecule has 182 valence electrons. The van der Waals surface area contributed by atoms with Crippen molar-refractivity contribution in [3.8, 4) is 21.8 Å². The Morgan fingerprint density at radius 3 is 2.62 bits per heavy atom. The van der Waals surface area contributed by atoms with Crippen molar-refractivity contribution in [1.82, 2.24) is 19.9 Å². The minimum Gasteiger partial charge on any atom is -0.380 e. The smallest absolute Gasteiger partial charge is 0.142 e. The van der Waals surface area contributed by atoms with Crippen LogP contribution in [0.1, 0.15) is 12.8 Å². The third-order valence-corrected chi connectivity index (χ3v) is 9.37. The number of nitrogens with zero attached hydrogens (tertiary/aromatic N) is 3. The van der Waals surface area contributed by atoms with E-state index in [2.05, 4.69) is 75.9 Å². The molecular weight excluding hydrogens is 474 g/mol. The summed E-state index contributed by atoms with van der Waals surface area (Å²) in [5, 5.41) is 6.48. The number of pyridine rings is 1. The fraction of sp³-hybridized carbons (Fsp3) is 0.226. The number of hydrogen-bond acceptors (Lipinski definition) is 5. The van der Waals surface area contributed by atoms with Crippen molar-refractivity contribution >= 4 is 49.0 Å². The maximum atomic E-state index is 4.96. The molecule has 3 aliphatic heterocycles. The Kier molecular flexibility index (Phi) is 4.85. The largest absolute Gasteiger partial charge is 0.380 e. The SMILES string of the molecule is c1ccc2sc(-c3ccc4ncc(-c5nc6ccccc6[nH]5)c(N[C@H]5CN6CCC5CC6)c4c3)cc2c1. The molecular formula is C31H27N5S. The molecule has 6 heterocycles. The average Bonchev–Trinajstić information content (AvgIpc) is 3.58. The Hall–Kier alpha value is -3.74. The van der Waals surface area contributed by atoms with E-state index in [0.717, 1.165) is 45.6 Å². The van der Waals surface area contributed by atoms with Crippen LogP contribution in [0.15, 0.2) is 79.0 Å². The molecule has 6 aromatic rings. The molecule has 0 saturated carbocycles. The number of fused-ring (bicyclic) bond motifs is 6. The number of thiophene rings is 1. The highest BCUT2D eigenvalue weighted by atomic mass is 32.1. The van der Waals surface area contributed by atoms with E-state index < -0.39 is 0 Å². The second-order valence-corrected chi connectivity index (χ2v) is 11.5. The number of H-pyrrole nitrogens is 1. The normalized spacial score (nSPS) is 21.2. The van der Waals surface area contributed by atoms with Gasteiger partial charge in [0.05, 0.1) is 27.8 Å². The molecule has 1 atom stereocenters. The molecule has 0 radical (unpaired) electrons. The molecule has 37 heavy (non-hydrogen) atoms. The number of aromatic nitrogens is 3. The molecule has 9 rings (SSSR count). The van der Waals surface area contributed by atoms with Gasteiger partial charge in [-0.05, 0) is 79.2 Å². The monoisotopic (exact) mass is 501 g/mol. The molecule has 3 aromatic heterocycles. The maximum absolute atomic E-state index is 4.96. The van der Waals surface area contributed by atoms with Crippen molar-refractivity contribution in [2.24, 2.45) is 5.92 Å². The lowest BCUT2D eigenvalue weighted by atomic mass is 9.83. The van der Waals surface area contributed by atoms with Gasteiger partial charge in [-0.2, -0.15) is 0 Å². The fourth-order valence-corrected chi connectivity index (χ4v) is 7.26. The van der Waals surface area contributed by atoms with Gasteiger partial charge in [-0.15, -0.1) is 11.3 Å². The van der Waals surface area contributed by atoms with Crippen LogP contribution in [0.4, 0.5) is 5.69 Å². The summed E-state index contributed by atoms with van der Waals surface area (Å²) >= 11 is 1.85. The average molecular weight is 502 g/mol. The van der Waals surface area contributed by atoms with Crippen molar-refractivity contribution in [2.45, 2.75) is 18.9 Å². The number of aromatic amines is 1. The Balaban J connectivity index is 1.31. The van der Waals surface area contributed by atoms with Gasteiger partial charge in [0.1, 0.15) is 5.82 Å². The topological polar surface area (TPSA) is 56.8 Å². The van der Waals surface area contributed by atoms with Gasteiger partial charge in [0.2, 0.25) is 0 Å². The molecule has 6 heteroatoms. The quantitative estimate of drug-likeness (QED) is 0.269. The molecule has 3 saturated heterocycles. The van der Waals surface area contributed by atoms with Gasteiger partial charge in [-0.3, -0.25) is 4.98 Å². The van der Waals surface area contributed by atoms with E-state index in [0.29, 0.717) is 12.0 Å². The predicted octanol–water partition coefficient (Wildman–Crippen LogP) is 7.17. The summed E-state index contributed by atoms with van der Waals surface area (Å²) in [5.41, 5.74) is 6.44. The van der Waals surface area contributed by atoms with Crippen molar-refractivity contribution in [3.05, 3.63) is 79.0 Å². The first-order valence-electron chi connectivity index (χ1n) is 13.1. The van der Waals surface area contributed by atoms with Crippen LogP contribution in [0, 0.1) is 5.92 Å². The molecule has 5 nitrogen and oxygen atoms in total. The summed E-state index contributed by atoms with van der Waals surface area (Å²) in [4.78, 5) is 17.3. The van der Waals surface area contributed by atoms with Crippen LogP contribution in [0.25, 0.3) is 53.9 Å². The highest BCUT2D eigenvalue weighted by Crippen LogP contribution is 2.40. The van der Waals surface area contributed by atoms with Crippen LogP contribution in [0.2, 0.25) is 0 Å². The number of benzene rings is 3. The Morgan fingerprint density at radius 1 is 0.919 bits per heavy atom. The molecule has 3 aromatic carbocycles. The van der Waals surface area contributed by atoms with E-state index in [4.69, 9.17) is 9.97 Å². The summed E-state index contributed by atoms with van der Waals surface area (Å²) in [6.45, 7) is 3.56. The minimum atomic E-state index is 0.434. The van der Waals surface area contributed by atoms with Crippen molar-refractivity contribution < 1.29 is 0 Å². The van der Waals surface area contributed by atoms with E-state index in [1.165, 1.54) is 46.5 Å². The molecule has 0 unspecified atom stereocenters. The van der Waals surface area contributed by atoms with Gasteiger partial charge >= 0.3 is 0 Å². The Labute approximate surface area is 219 Å². The van der Waals surface area contributed by atoms with Crippen LogP contribution in [0.5, 0.6) is 0 Å². The first kappa shape index (κ1) is 21.4. The highest BCUT2D eigenvalue weighted by Gasteiger charge is 2.34. The first-order valence-corrected chi connectivity index (χ1v) is 14.0. The Bertz CT molecular complexity index is 1700. The summed E-state index contributed by atoms with van der Waals surface area (Å²) in [7, 11) is 0. The molecule has 2 bridgehead atoms. The van der Waals surface area contributed by atoms with E-state index in [-0.39, 0.29) is 0 Å². The molecule has 3 aliphatic rings. The number of anilines is 1. The maximum Gasteiger partial charge on any atom is 0.142 e. The molecule has 0 aliphatic carbocycles. The lowest BCUT2D eigenvalue weighted by Crippen LogP contribution is -2.53. The number of piperidine rings is 3. The number of para-hydroxylation sites is 2. The highest BCUT2D eigenvalue weighted by molar-refractivity contribution is 7.22. The predicted molar refractivity (Wildman–Crippen MR) is 154 cm³/mol. The van der Waals surface area contributed by atoms with Crippen LogP contribution < -0.4 is 5.32 Å². The van der Waals surface area contributed by atoms with Gasteiger partial charge in [-0.1, -0.05) is 36.4 Å². The third-order valence-electron chi connectivity index (χ3n) is 8.21. The van der Waals surface area contributed by atoms with E-state index >= 15 is 0 Å². The first-order chi connectivity index (χ1) is 18.3. The molecule has 0 spiro atoms. The van der Waals surface area contributed by atoms with Crippen molar-refractivity contribution in [2.75, 3.05) is 25.0 Å². The van der Waals surface area contributed by atoms with Crippen LogP contribution in [-0.2, 0) is 0 Å². The van der Waals surface area contributed by atoms with Gasteiger partial charge in [0.15, 0.2) is 0 Å². The second-order valence-electron chi connectivity index (χ2n) is 10.4. The second kappa shape index (κ2) is 8.40. The summed E-state index contributed by atoms with van der Waals surface area (Å²) in [6.07, 6.45) is 4.53. The van der Waals surface area contributed by atoms with Gasteiger partial charge in [0.25, 0.3) is 0 Å². The number of hydrogen-bond donors (Lipinski definition) is 2. The summed E-state index contributed by atoms with van der Waals surface area (Å²) < 4.78 is 1.32. The lowest BCUT2D eigenvalue weighted by molar-refractivity contribution is 0.0976. The zero-order chi connectivity index (χ0) is 24.3. The van der Waals surface area contributed by atoms with Crippen molar-refractivity contribution in [3.63, 3.8) is 0 Å². The van der Waals surface area contributed by atoms with Gasteiger partial charge < -0.3 is 15.2 Å². The van der Waals surface area contributed by atoms with Crippen LogP contribution in [-0.4, -0.2) is 45.5 Å². The van der Waals surface area contributed by atoms with Crippen LogP contribution in [0.3, 0.4) is 0 Å². The Morgan fingerprint density at radius 2 is 1.78 bits per heavy atom. The van der Waals surface area contributed by atoms with Crippen LogP contribution >= 0.6 is 11.3 Å². The van der Waals surface area contributed by atoms with Gasteiger partial charge in [-0.25, -0.2) is 4.98 Å².